The van der Waals surface area contributed by atoms with Crippen LogP contribution in [0.3, 0.4) is 0 Å². The number of thiazole rings is 1. The van der Waals surface area contributed by atoms with Gasteiger partial charge in [0.15, 0.2) is 5.96 Å². The van der Waals surface area contributed by atoms with Crippen LogP contribution in [0.2, 0.25) is 0 Å². The Labute approximate surface area is 178 Å². The van der Waals surface area contributed by atoms with E-state index in [2.05, 4.69) is 46.7 Å². The van der Waals surface area contributed by atoms with Crippen molar-refractivity contribution in [2.75, 3.05) is 13.1 Å². The summed E-state index contributed by atoms with van der Waals surface area (Å²) in [5.41, 5.74) is 2.86. The highest BCUT2D eigenvalue weighted by molar-refractivity contribution is 7.11. The summed E-state index contributed by atoms with van der Waals surface area (Å²) in [5.74, 6) is 0.758. The quantitative estimate of drug-likeness (QED) is 0.432. The molecule has 2 aromatic rings. The molecule has 0 aliphatic carbocycles. The third kappa shape index (κ3) is 7.49. The number of carbonyl (C=O) groups is 1. The summed E-state index contributed by atoms with van der Waals surface area (Å²) in [5, 5.41) is 10.8. The smallest absolute Gasteiger partial charge is 0.251 e. The minimum Gasteiger partial charge on any atom is -0.357 e. The Morgan fingerprint density at radius 2 is 1.90 bits per heavy atom. The molecule has 6 nitrogen and oxygen atoms in total. The van der Waals surface area contributed by atoms with Crippen LogP contribution >= 0.6 is 11.3 Å². The highest BCUT2D eigenvalue weighted by Crippen LogP contribution is 2.16. The van der Waals surface area contributed by atoms with Crippen molar-refractivity contribution in [3.8, 4) is 0 Å². The van der Waals surface area contributed by atoms with Crippen LogP contribution in [0.5, 0.6) is 0 Å². The lowest BCUT2D eigenvalue weighted by atomic mass is 10.1. The van der Waals surface area contributed by atoms with Gasteiger partial charge < -0.3 is 16.0 Å². The molecule has 0 saturated carbocycles. The zero-order chi connectivity index (χ0) is 21.2. The number of carbonyl (C=O) groups excluding carboxylic acids is 1. The Morgan fingerprint density at radius 3 is 2.48 bits per heavy atom. The minimum absolute atomic E-state index is 0.0305. The molecule has 3 N–H and O–H groups in total. The molecular formula is C22H33N5OS. The van der Waals surface area contributed by atoms with E-state index in [0.717, 1.165) is 48.2 Å². The lowest BCUT2D eigenvalue weighted by molar-refractivity contribution is 0.0939. The molecule has 29 heavy (non-hydrogen) atoms. The average Bonchev–Trinajstić information content (AvgIpc) is 3.03. The summed E-state index contributed by atoms with van der Waals surface area (Å²) in [6, 6.07) is 7.81. The third-order valence-electron chi connectivity index (χ3n) is 4.67. The molecule has 2 rings (SSSR count). The molecule has 0 fully saturated rings. The van der Waals surface area contributed by atoms with Crippen molar-refractivity contribution in [2.45, 2.75) is 60.0 Å². The predicted molar refractivity (Wildman–Crippen MR) is 122 cm³/mol. The van der Waals surface area contributed by atoms with E-state index < -0.39 is 0 Å². The Morgan fingerprint density at radius 1 is 1.17 bits per heavy atom. The molecule has 0 saturated heterocycles. The fourth-order valence-electron chi connectivity index (χ4n) is 2.62. The summed E-state index contributed by atoms with van der Waals surface area (Å²) >= 11 is 1.75. The molecule has 1 atom stereocenters. The van der Waals surface area contributed by atoms with Crippen molar-refractivity contribution < 1.29 is 4.79 Å². The maximum absolute atomic E-state index is 12.2. The second-order valence-corrected chi connectivity index (χ2v) is 8.39. The van der Waals surface area contributed by atoms with Gasteiger partial charge in [0.2, 0.25) is 0 Å². The summed E-state index contributed by atoms with van der Waals surface area (Å²) in [6.45, 7) is 12.4. The molecule has 1 heterocycles. The van der Waals surface area contributed by atoms with Crippen LogP contribution in [0, 0.1) is 13.8 Å². The van der Waals surface area contributed by atoms with Gasteiger partial charge in [0.25, 0.3) is 5.91 Å². The zero-order valence-electron chi connectivity index (χ0n) is 18.1. The summed E-state index contributed by atoms with van der Waals surface area (Å²) in [4.78, 5) is 22.7. The van der Waals surface area contributed by atoms with Crippen LogP contribution in [0.25, 0.3) is 0 Å². The number of aliphatic imine (C=N–C) groups is 1. The number of benzene rings is 1. The first-order chi connectivity index (χ1) is 13.9. The number of nitrogens with zero attached hydrogens (tertiary/aromatic N) is 2. The first kappa shape index (κ1) is 22.9. The van der Waals surface area contributed by atoms with Gasteiger partial charge in [0, 0.05) is 36.0 Å². The summed E-state index contributed by atoms with van der Waals surface area (Å²) < 4.78 is 0. The van der Waals surface area contributed by atoms with Gasteiger partial charge in [-0.05, 0) is 51.8 Å². The molecule has 0 bridgehead atoms. The van der Waals surface area contributed by atoms with Gasteiger partial charge in [-0.3, -0.25) is 4.79 Å². The molecule has 158 valence electrons. The monoisotopic (exact) mass is 415 g/mol. The van der Waals surface area contributed by atoms with Gasteiger partial charge in [-0.25, -0.2) is 9.98 Å². The van der Waals surface area contributed by atoms with Crippen molar-refractivity contribution in [1.29, 1.82) is 0 Å². The largest absolute Gasteiger partial charge is 0.357 e. The highest BCUT2D eigenvalue weighted by atomic mass is 32.1. The molecule has 0 aliphatic heterocycles. The lowest BCUT2D eigenvalue weighted by Crippen LogP contribution is -2.38. The second kappa shape index (κ2) is 11.6. The van der Waals surface area contributed by atoms with Crippen LogP contribution in [0.4, 0.5) is 0 Å². The van der Waals surface area contributed by atoms with Crippen molar-refractivity contribution in [2.24, 2.45) is 4.99 Å². The van der Waals surface area contributed by atoms with E-state index in [1.165, 1.54) is 4.88 Å². The minimum atomic E-state index is -0.0305. The van der Waals surface area contributed by atoms with Crippen LogP contribution in [0.15, 0.2) is 29.3 Å². The first-order valence-electron chi connectivity index (χ1n) is 10.3. The van der Waals surface area contributed by atoms with Crippen molar-refractivity contribution in [3.05, 3.63) is 51.0 Å². The van der Waals surface area contributed by atoms with Gasteiger partial charge in [-0.2, -0.15) is 0 Å². The Bertz CT molecular complexity index is 794. The number of guanidine groups is 1. The average molecular weight is 416 g/mol. The zero-order valence-corrected chi connectivity index (χ0v) is 18.9. The standard InChI is InChI=1S/C22H33N5OS/c1-6-15(3)26-21(28)19-10-8-18(9-11-19)14-25-22(23-7-2)24-13-12-20-27-16(4)17(5)29-20/h8-11,15H,6-7,12-14H2,1-5H3,(H,26,28)(H2,23,24,25). The van der Waals surface area contributed by atoms with Gasteiger partial charge in [0.1, 0.15) is 0 Å². The topological polar surface area (TPSA) is 78.4 Å². The van der Waals surface area contributed by atoms with Crippen LogP contribution in [0.1, 0.15) is 58.7 Å². The number of hydrogen-bond donors (Lipinski definition) is 3. The van der Waals surface area contributed by atoms with Gasteiger partial charge >= 0.3 is 0 Å². The summed E-state index contributed by atoms with van der Waals surface area (Å²) in [6.07, 6.45) is 1.80. The van der Waals surface area contributed by atoms with E-state index >= 15 is 0 Å². The Kier molecular flexibility index (Phi) is 9.12. The molecule has 7 heteroatoms. The maximum Gasteiger partial charge on any atom is 0.251 e. The molecule has 0 spiro atoms. The van der Waals surface area contributed by atoms with Crippen molar-refractivity contribution in [1.82, 2.24) is 20.9 Å². The van der Waals surface area contributed by atoms with E-state index in [-0.39, 0.29) is 11.9 Å². The lowest BCUT2D eigenvalue weighted by Gasteiger charge is -2.12. The Hall–Kier alpha value is -2.41. The maximum atomic E-state index is 12.2. The number of nitrogens with one attached hydrogen (secondary N) is 3. The number of aryl methyl sites for hydroxylation is 2. The Balaban J connectivity index is 1.89. The number of hydrogen-bond acceptors (Lipinski definition) is 4. The SMILES string of the molecule is CCNC(=NCc1ccc(C(=O)NC(C)CC)cc1)NCCc1nc(C)c(C)s1. The molecule has 1 aromatic carbocycles. The third-order valence-corrected chi connectivity index (χ3v) is 5.81. The van der Waals surface area contributed by atoms with E-state index in [4.69, 9.17) is 0 Å². The normalized spacial score (nSPS) is 12.5. The van der Waals surface area contributed by atoms with Crippen molar-refractivity contribution in [3.63, 3.8) is 0 Å². The van der Waals surface area contributed by atoms with Crippen LogP contribution in [-0.4, -0.2) is 36.0 Å². The second-order valence-electron chi connectivity index (χ2n) is 7.10. The number of rotatable bonds is 9. The van der Waals surface area contributed by atoms with Gasteiger partial charge in [-0.1, -0.05) is 19.1 Å². The first-order valence-corrected chi connectivity index (χ1v) is 11.1. The fourth-order valence-corrected chi connectivity index (χ4v) is 3.55. The fraction of sp³-hybridized carbons (Fsp3) is 0.500. The van der Waals surface area contributed by atoms with E-state index in [1.807, 2.05) is 38.1 Å². The van der Waals surface area contributed by atoms with E-state index in [9.17, 15) is 4.79 Å². The molecule has 1 unspecified atom stereocenters. The van der Waals surface area contributed by atoms with Crippen LogP contribution in [-0.2, 0) is 13.0 Å². The number of amides is 1. The molecule has 0 radical (unpaired) electrons. The van der Waals surface area contributed by atoms with Gasteiger partial charge in [-0.15, -0.1) is 11.3 Å². The predicted octanol–water partition coefficient (Wildman–Crippen LogP) is 3.59. The molecule has 0 aliphatic rings. The molecular weight excluding hydrogens is 382 g/mol. The molecule has 1 aromatic heterocycles. The van der Waals surface area contributed by atoms with E-state index in [0.29, 0.717) is 12.1 Å². The summed E-state index contributed by atoms with van der Waals surface area (Å²) in [7, 11) is 0. The molecule has 1 amide bonds. The van der Waals surface area contributed by atoms with E-state index in [1.54, 1.807) is 11.3 Å². The van der Waals surface area contributed by atoms with Gasteiger partial charge in [0.05, 0.1) is 17.2 Å². The van der Waals surface area contributed by atoms with Crippen LogP contribution < -0.4 is 16.0 Å². The highest BCUT2D eigenvalue weighted by Gasteiger charge is 2.08. The number of aromatic nitrogens is 1. The van der Waals surface area contributed by atoms with Crippen molar-refractivity contribution >= 4 is 23.2 Å².